The van der Waals surface area contributed by atoms with Crippen LogP contribution < -0.4 is 16.4 Å². The van der Waals surface area contributed by atoms with E-state index in [9.17, 15) is 9.59 Å². The molecule has 1 aliphatic carbocycles. The molecule has 1 rings (SSSR count). The third kappa shape index (κ3) is 5.67. The summed E-state index contributed by atoms with van der Waals surface area (Å²) in [6.07, 6.45) is 2.49. The highest BCUT2D eigenvalue weighted by Crippen LogP contribution is 2.28. The Labute approximate surface area is 94.9 Å². The predicted molar refractivity (Wildman–Crippen MR) is 58.6 cm³/mol. The third-order valence-corrected chi connectivity index (χ3v) is 2.22. The van der Waals surface area contributed by atoms with Gasteiger partial charge in [0, 0.05) is 26.2 Å². The van der Waals surface area contributed by atoms with Gasteiger partial charge in [-0.3, -0.25) is 9.59 Å². The highest BCUT2D eigenvalue weighted by Gasteiger charge is 2.21. The molecular weight excluding hydrogens is 210 g/mol. The van der Waals surface area contributed by atoms with E-state index in [0.717, 1.165) is 6.61 Å². The third-order valence-electron chi connectivity index (χ3n) is 2.22. The summed E-state index contributed by atoms with van der Waals surface area (Å²) < 4.78 is 5.30. The van der Waals surface area contributed by atoms with E-state index >= 15 is 0 Å². The Morgan fingerprint density at radius 2 is 1.81 bits per heavy atom. The highest BCUT2D eigenvalue weighted by atomic mass is 16.5. The zero-order valence-corrected chi connectivity index (χ0v) is 9.33. The van der Waals surface area contributed by atoms with Crippen molar-refractivity contribution >= 4 is 11.8 Å². The van der Waals surface area contributed by atoms with E-state index in [2.05, 4.69) is 10.6 Å². The fraction of sp³-hybridized carbons (Fsp3) is 0.800. The van der Waals surface area contributed by atoms with Gasteiger partial charge in [-0.1, -0.05) is 0 Å². The second-order valence-corrected chi connectivity index (χ2v) is 3.82. The highest BCUT2D eigenvalue weighted by molar-refractivity contribution is 6.35. The summed E-state index contributed by atoms with van der Waals surface area (Å²) in [5, 5.41) is 4.85. The molecule has 2 amide bonds. The summed E-state index contributed by atoms with van der Waals surface area (Å²) in [5.41, 5.74) is 5.18. The van der Waals surface area contributed by atoms with Gasteiger partial charge < -0.3 is 21.1 Å². The Hall–Kier alpha value is -1.14. The van der Waals surface area contributed by atoms with Gasteiger partial charge in [0.1, 0.15) is 0 Å². The monoisotopic (exact) mass is 229 g/mol. The number of hydrogen-bond donors (Lipinski definition) is 3. The first-order chi connectivity index (χ1) is 7.74. The number of nitrogens with two attached hydrogens (primary N) is 1. The van der Waals surface area contributed by atoms with Gasteiger partial charge in [0.15, 0.2) is 0 Å². The molecule has 16 heavy (non-hydrogen) atoms. The Bertz CT molecular complexity index is 241. The van der Waals surface area contributed by atoms with E-state index in [-0.39, 0.29) is 0 Å². The van der Waals surface area contributed by atoms with E-state index in [1.807, 2.05) is 0 Å². The minimum Gasteiger partial charge on any atom is -0.379 e. The van der Waals surface area contributed by atoms with Gasteiger partial charge in [0.25, 0.3) is 0 Å². The van der Waals surface area contributed by atoms with Crippen molar-refractivity contribution in [3.8, 4) is 0 Å². The van der Waals surface area contributed by atoms with Crippen LogP contribution in [0.4, 0.5) is 0 Å². The van der Waals surface area contributed by atoms with E-state index in [1.54, 1.807) is 0 Å². The van der Waals surface area contributed by atoms with E-state index in [0.29, 0.717) is 32.2 Å². The molecule has 0 bridgehead atoms. The van der Waals surface area contributed by atoms with Crippen molar-refractivity contribution in [2.75, 3.05) is 32.8 Å². The summed E-state index contributed by atoms with van der Waals surface area (Å²) in [7, 11) is 0. The van der Waals surface area contributed by atoms with Crippen LogP contribution in [0.25, 0.3) is 0 Å². The van der Waals surface area contributed by atoms with Crippen molar-refractivity contribution in [2.45, 2.75) is 12.8 Å². The van der Waals surface area contributed by atoms with Gasteiger partial charge in [-0.05, 0) is 18.8 Å². The Balaban J connectivity index is 1.93. The number of amides is 2. The van der Waals surface area contributed by atoms with Crippen molar-refractivity contribution in [1.29, 1.82) is 0 Å². The first kappa shape index (κ1) is 12.9. The number of carbonyl (C=O) groups excluding carboxylic acids is 2. The largest absolute Gasteiger partial charge is 0.379 e. The molecule has 0 aliphatic heterocycles. The quantitative estimate of drug-likeness (QED) is 0.370. The molecule has 92 valence electrons. The lowest BCUT2D eigenvalue weighted by atomic mass is 10.4. The second-order valence-electron chi connectivity index (χ2n) is 3.82. The molecule has 0 heterocycles. The number of carbonyl (C=O) groups is 2. The van der Waals surface area contributed by atoms with Gasteiger partial charge >= 0.3 is 11.8 Å². The van der Waals surface area contributed by atoms with Gasteiger partial charge in [-0.15, -0.1) is 0 Å². The average Bonchev–Trinajstić information content (AvgIpc) is 3.09. The SMILES string of the molecule is NCCNC(=O)C(=O)NCCOCC1CC1. The lowest BCUT2D eigenvalue weighted by Gasteiger charge is -2.06. The normalized spacial score (nSPS) is 14.6. The predicted octanol–water partition coefficient (Wildman–Crippen LogP) is -1.40. The van der Waals surface area contributed by atoms with Crippen molar-refractivity contribution in [3.05, 3.63) is 0 Å². The van der Waals surface area contributed by atoms with Crippen LogP contribution in [-0.2, 0) is 14.3 Å². The van der Waals surface area contributed by atoms with Gasteiger partial charge in [0.2, 0.25) is 0 Å². The summed E-state index contributed by atoms with van der Waals surface area (Å²) in [4.78, 5) is 22.2. The summed E-state index contributed by atoms with van der Waals surface area (Å²) >= 11 is 0. The van der Waals surface area contributed by atoms with Crippen LogP contribution >= 0.6 is 0 Å². The summed E-state index contributed by atoms with van der Waals surface area (Å²) in [6.45, 7) is 2.21. The number of hydrogen-bond acceptors (Lipinski definition) is 4. The molecule has 4 N–H and O–H groups in total. The van der Waals surface area contributed by atoms with Gasteiger partial charge in [-0.25, -0.2) is 0 Å². The molecule has 0 atom stereocenters. The molecule has 0 spiro atoms. The smallest absolute Gasteiger partial charge is 0.309 e. The fourth-order valence-corrected chi connectivity index (χ4v) is 1.12. The maximum Gasteiger partial charge on any atom is 0.309 e. The first-order valence-electron chi connectivity index (χ1n) is 5.58. The minimum atomic E-state index is -0.646. The molecule has 0 aromatic carbocycles. The van der Waals surface area contributed by atoms with Crippen LogP contribution in [-0.4, -0.2) is 44.7 Å². The van der Waals surface area contributed by atoms with Gasteiger partial charge in [-0.2, -0.15) is 0 Å². The average molecular weight is 229 g/mol. The Morgan fingerprint density at radius 3 is 2.38 bits per heavy atom. The Kier molecular flexibility index (Phi) is 5.81. The zero-order chi connectivity index (χ0) is 11.8. The Morgan fingerprint density at radius 1 is 1.19 bits per heavy atom. The van der Waals surface area contributed by atoms with Crippen molar-refractivity contribution in [1.82, 2.24) is 10.6 Å². The topological polar surface area (TPSA) is 93.5 Å². The van der Waals surface area contributed by atoms with Crippen LogP contribution in [0.15, 0.2) is 0 Å². The molecule has 0 aromatic heterocycles. The maximum absolute atomic E-state index is 11.1. The molecule has 0 aromatic rings. The van der Waals surface area contributed by atoms with Gasteiger partial charge in [0.05, 0.1) is 6.61 Å². The lowest BCUT2D eigenvalue weighted by molar-refractivity contribution is -0.139. The summed E-state index contributed by atoms with van der Waals surface area (Å²) in [5.74, 6) is -0.570. The first-order valence-corrected chi connectivity index (χ1v) is 5.58. The number of rotatable bonds is 7. The number of ether oxygens (including phenoxy) is 1. The van der Waals surface area contributed by atoms with E-state index in [4.69, 9.17) is 10.5 Å². The molecule has 1 aliphatic rings. The zero-order valence-electron chi connectivity index (χ0n) is 9.33. The summed E-state index contributed by atoms with van der Waals surface area (Å²) in [6, 6.07) is 0. The fourth-order valence-electron chi connectivity index (χ4n) is 1.12. The van der Waals surface area contributed by atoms with Crippen molar-refractivity contribution < 1.29 is 14.3 Å². The van der Waals surface area contributed by atoms with E-state index in [1.165, 1.54) is 12.8 Å². The molecule has 0 saturated heterocycles. The standard InChI is InChI=1S/C10H19N3O3/c11-3-4-12-9(14)10(15)13-5-6-16-7-8-1-2-8/h8H,1-7,11H2,(H,12,14)(H,13,15). The number of nitrogens with one attached hydrogen (secondary N) is 2. The van der Waals surface area contributed by atoms with Crippen LogP contribution in [0.3, 0.4) is 0 Å². The van der Waals surface area contributed by atoms with Crippen LogP contribution in [0.2, 0.25) is 0 Å². The molecule has 0 unspecified atom stereocenters. The molecule has 6 heteroatoms. The molecule has 0 radical (unpaired) electrons. The van der Waals surface area contributed by atoms with E-state index < -0.39 is 11.8 Å². The molecular formula is C10H19N3O3. The minimum absolute atomic E-state index is 0.310. The van der Waals surface area contributed by atoms with Crippen molar-refractivity contribution in [2.24, 2.45) is 11.7 Å². The maximum atomic E-state index is 11.1. The van der Waals surface area contributed by atoms with Crippen LogP contribution in [0.5, 0.6) is 0 Å². The molecule has 6 nitrogen and oxygen atoms in total. The molecule has 1 fully saturated rings. The lowest BCUT2D eigenvalue weighted by Crippen LogP contribution is -2.42. The van der Waals surface area contributed by atoms with Crippen LogP contribution in [0, 0.1) is 5.92 Å². The van der Waals surface area contributed by atoms with Crippen LogP contribution in [0.1, 0.15) is 12.8 Å². The molecule has 1 saturated carbocycles. The second kappa shape index (κ2) is 7.19. The van der Waals surface area contributed by atoms with Crippen molar-refractivity contribution in [3.63, 3.8) is 0 Å².